The van der Waals surface area contributed by atoms with Crippen LogP contribution in [0.3, 0.4) is 0 Å². The molecule has 1 aliphatic heterocycles. The molecule has 7 rings (SSSR count). The Kier molecular flexibility index (Phi) is 7.77. The number of benzene rings is 2. The summed E-state index contributed by atoms with van der Waals surface area (Å²) in [6.07, 6.45) is 6.53. The molecule has 1 N–H and O–H groups in total. The van der Waals surface area contributed by atoms with Crippen LogP contribution in [0.1, 0.15) is 23.2 Å². The molecule has 42 heavy (non-hydrogen) atoms. The molecule has 0 atom stereocenters. The van der Waals surface area contributed by atoms with Gasteiger partial charge in [0.05, 0.1) is 29.8 Å². The number of ether oxygens (including phenoxy) is 2. The zero-order valence-corrected chi connectivity index (χ0v) is 24.6. The number of hydrogen-bond donors (Lipinski definition) is 1. The van der Waals surface area contributed by atoms with E-state index < -0.39 is 0 Å². The van der Waals surface area contributed by atoms with Crippen molar-refractivity contribution in [2.45, 2.75) is 32.4 Å². The zero-order chi connectivity index (χ0) is 28.5. The Morgan fingerprint density at radius 3 is 2.83 bits per heavy atom. The van der Waals surface area contributed by atoms with Gasteiger partial charge in [-0.15, -0.1) is 11.3 Å². The highest BCUT2D eigenvalue weighted by Crippen LogP contribution is 2.45. The van der Waals surface area contributed by atoms with Gasteiger partial charge >= 0.3 is 0 Å². The molecule has 1 fully saturated rings. The van der Waals surface area contributed by atoms with Crippen LogP contribution < -0.4 is 10.1 Å². The third-order valence-corrected chi connectivity index (χ3v) is 9.29. The van der Waals surface area contributed by atoms with Gasteiger partial charge < -0.3 is 14.8 Å². The van der Waals surface area contributed by atoms with E-state index in [4.69, 9.17) is 26.2 Å². The molecule has 1 aliphatic carbocycles. The van der Waals surface area contributed by atoms with E-state index in [-0.39, 0.29) is 12.4 Å². The van der Waals surface area contributed by atoms with E-state index >= 15 is 0 Å². The van der Waals surface area contributed by atoms with Crippen molar-refractivity contribution < 1.29 is 13.9 Å². The Labute approximate surface area is 252 Å². The van der Waals surface area contributed by atoms with E-state index in [9.17, 15) is 4.39 Å². The average Bonchev–Trinajstić information content (AvgIpc) is 3.59. The highest BCUT2D eigenvalue weighted by atomic mass is 35.5. The quantitative estimate of drug-likeness (QED) is 0.206. The largest absolute Gasteiger partial charge is 0.487 e. The van der Waals surface area contributed by atoms with E-state index in [2.05, 4.69) is 24.9 Å². The van der Waals surface area contributed by atoms with Crippen LogP contribution >= 0.6 is 22.9 Å². The van der Waals surface area contributed by atoms with Gasteiger partial charge in [-0.1, -0.05) is 23.7 Å². The summed E-state index contributed by atoms with van der Waals surface area (Å²) in [5, 5.41) is 9.74. The van der Waals surface area contributed by atoms with Gasteiger partial charge in [0, 0.05) is 48.0 Å². The minimum Gasteiger partial charge on any atom is -0.487 e. The van der Waals surface area contributed by atoms with Crippen molar-refractivity contribution in [2.24, 2.45) is 0 Å². The van der Waals surface area contributed by atoms with Crippen LogP contribution in [0.5, 0.6) is 5.75 Å². The number of anilines is 2. The number of aromatic nitrogens is 4. The van der Waals surface area contributed by atoms with Crippen molar-refractivity contribution in [3.8, 4) is 16.2 Å². The van der Waals surface area contributed by atoms with Crippen molar-refractivity contribution in [1.29, 1.82) is 0 Å². The van der Waals surface area contributed by atoms with Gasteiger partial charge in [0.15, 0.2) is 0 Å². The fourth-order valence-corrected chi connectivity index (χ4v) is 7.19. The lowest BCUT2D eigenvalue weighted by atomic mass is 9.95. The van der Waals surface area contributed by atoms with Crippen molar-refractivity contribution in [3.05, 3.63) is 82.6 Å². The van der Waals surface area contributed by atoms with Gasteiger partial charge in [-0.05, 0) is 60.7 Å². The maximum atomic E-state index is 13.5. The summed E-state index contributed by atoms with van der Waals surface area (Å²) in [7, 11) is 0. The number of morpholine rings is 1. The molecule has 0 unspecified atom stereocenters. The van der Waals surface area contributed by atoms with Crippen LogP contribution in [0.15, 0.2) is 55.0 Å². The summed E-state index contributed by atoms with van der Waals surface area (Å²) in [5.41, 5.74) is 5.31. The fourth-order valence-electron chi connectivity index (χ4n) is 5.73. The number of aryl methyl sites for hydroxylation is 2. The molecule has 216 valence electrons. The van der Waals surface area contributed by atoms with Gasteiger partial charge in [-0.2, -0.15) is 5.10 Å². The van der Waals surface area contributed by atoms with Crippen LogP contribution in [0.4, 0.5) is 15.9 Å². The van der Waals surface area contributed by atoms with Crippen molar-refractivity contribution in [3.63, 3.8) is 0 Å². The smallest absolute Gasteiger partial charge is 0.142 e. The first-order valence-corrected chi connectivity index (χ1v) is 15.4. The highest BCUT2D eigenvalue weighted by Gasteiger charge is 2.27. The first-order valence-electron chi connectivity index (χ1n) is 14.2. The fraction of sp³-hybridized carbons (Fsp3) is 0.323. The van der Waals surface area contributed by atoms with Gasteiger partial charge in [-0.25, -0.2) is 14.4 Å². The minimum absolute atomic E-state index is 0.226. The number of hydrogen-bond acceptors (Lipinski definition) is 8. The molecule has 4 heterocycles. The number of halogens is 2. The van der Waals surface area contributed by atoms with Gasteiger partial charge in [0.1, 0.15) is 35.1 Å². The van der Waals surface area contributed by atoms with E-state index in [1.54, 1.807) is 23.7 Å². The molecule has 0 spiro atoms. The molecule has 0 amide bonds. The Morgan fingerprint density at radius 1 is 1.07 bits per heavy atom. The molecule has 0 saturated carbocycles. The van der Waals surface area contributed by atoms with Crippen molar-refractivity contribution >= 4 is 44.7 Å². The van der Waals surface area contributed by atoms with E-state index in [0.717, 1.165) is 85.9 Å². The molecule has 8 nitrogen and oxygen atoms in total. The maximum absolute atomic E-state index is 13.5. The summed E-state index contributed by atoms with van der Waals surface area (Å²) < 4.78 is 27.0. The molecule has 11 heteroatoms. The molecular weight excluding hydrogens is 575 g/mol. The lowest BCUT2D eigenvalue weighted by Gasteiger charge is -2.26. The van der Waals surface area contributed by atoms with Crippen LogP contribution in [0.2, 0.25) is 5.02 Å². The summed E-state index contributed by atoms with van der Waals surface area (Å²) >= 11 is 8.26. The molecular formula is C31H30ClFN6O2S. The van der Waals surface area contributed by atoms with Crippen LogP contribution in [-0.4, -0.2) is 57.5 Å². The summed E-state index contributed by atoms with van der Waals surface area (Å²) in [4.78, 5) is 13.9. The molecule has 3 aromatic heterocycles. The van der Waals surface area contributed by atoms with Crippen LogP contribution in [-0.2, 0) is 30.7 Å². The lowest BCUT2D eigenvalue weighted by Crippen LogP contribution is -2.37. The Balaban J connectivity index is 1.08. The van der Waals surface area contributed by atoms with Gasteiger partial charge in [-0.3, -0.25) is 9.58 Å². The maximum Gasteiger partial charge on any atom is 0.142 e. The third-order valence-electron chi connectivity index (χ3n) is 7.82. The molecule has 5 aromatic rings. The van der Waals surface area contributed by atoms with Gasteiger partial charge in [0.25, 0.3) is 0 Å². The molecule has 1 saturated heterocycles. The Bertz CT molecular complexity index is 1730. The van der Waals surface area contributed by atoms with Gasteiger partial charge in [0.2, 0.25) is 0 Å². The SMILES string of the molecule is Fc1cccc(COc2ccc(Nc3ncnc4sc5c(c34)CCc3c-5cnn3CCCN3CCOCC3)cc2Cl)c1. The lowest BCUT2D eigenvalue weighted by molar-refractivity contribution is 0.0368. The normalized spacial score (nSPS) is 15.0. The minimum atomic E-state index is -0.293. The number of fused-ring (bicyclic) bond motifs is 5. The summed E-state index contributed by atoms with van der Waals surface area (Å²) in [6.45, 7) is 5.90. The zero-order valence-electron chi connectivity index (χ0n) is 23.0. The molecule has 2 aromatic carbocycles. The number of rotatable bonds is 9. The summed E-state index contributed by atoms with van der Waals surface area (Å²) in [6, 6.07) is 11.9. The second kappa shape index (κ2) is 12.0. The van der Waals surface area contributed by atoms with Crippen molar-refractivity contribution in [1.82, 2.24) is 24.6 Å². The van der Waals surface area contributed by atoms with E-state index in [1.807, 2.05) is 30.5 Å². The predicted molar refractivity (Wildman–Crippen MR) is 163 cm³/mol. The first kappa shape index (κ1) is 27.3. The first-order chi connectivity index (χ1) is 20.6. The number of thiophene rings is 1. The Hall–Kier alpha value is -3.57. The highest BCUT2D eigenvalue weighted by molar-refractivity contribution is 7.22. The van der Waals surface area contributed by atoms with Crippen LogP contribution in [0, 0.1) is 5.82 Å². The third kappa shape index (κ3) is 5.59. The second-order valence-electron chi connectivity index (χ2n) is 10.5. The topological polar surface area (TPSA) is 77.3 Å². The Morgan fingerprint density at radius 2 is 1.98 bits per heavy atom. The van der Waals surface area contributed by atoms with Crippen molar-refractivity contribution in [2.75, 3.05) is 38.2 Å². The number of nitrogens with zero attached hydrogens (tertiary/aromatic N) is 5. The van der Waals surface area contributed by atoms with Crippen LogP contribution in [0.25, 0.3) is 20.7 Å². The molecule has 0 radical (unpaired) electrons. The van der Waals surface area contributed by atoms with E-state index in [1.165, 1.54) is 33.8 Å². The number of nitrogens with one attached hydrogen (secondary N) is 1. The molecule has 0 bridgehead atoms. The standard InChI is InChI=1S/C31H30ClFN6O2S/c32-25-16-22(5-8-27(25)41-18-20-3-1-4-21(33)15-20)37-30-28-23-6-7-26-24(29(23)42-31(28)35-19-34-30)17-36-39(26)10-2-9-38-11-13-40-14-12-38/h1,3-5,8,15-17,19H,2,6-7,9-14,18H2,(H,34,35,37). The summed E-state index contributed by atoms with van der Waals surface area (Å²) in [5.74, 6) is 0.989. The second-order valence-corrected chi connectivity index (χ2v) is 11.9. The van der Waals surface area contributed by atoms with E-state index in [0.29, 0.717) is 10.8 Å². The predicted octanol–water partition coefficient (Wildman–Crippen LogP) is 6.49. The average molecular weight is 605 g/mol. The molecule has 2 aliphatic rings. The monoisotopic (exact) mass is 604 g/mol.